The number of halogens is 1. The molecule has 0 saturated carbocycles. The van der Waals surface area contributed by atoms with Gasteiger partial charge in [0.2, 0.25) is 5.91 Å². The summed E-state index contributed by atoms with van der Waals surface area (Å²) in [5, 5.41) is 11.2. The van der Waals surface area contributed by atoms with Gasteiger partial charge in [-0.25, -0.2) is 9.18 Å². The van der Waals surface area contributed by atoms with Gasteiger partial charge in [0.1, 0.15) is 11.9 Å². The number of amides is 1. The second kappa shape index (κ2) is 7.31. The number of carboxylic acids is 1. The lowest BCUT2D eigenvalue weighted by atomic mass is 10.1. The largest absolute Gasteiger partial charge is 0.480 e. The zero-order chi connectivity index (χ0) is 14.3. The van der Waals surface area contributed by atoms with Crippen LogP contribution in [-0.4, -0.2) is 23.0 Å². The van der Waals surface area contributed by atoms with E-state index in [0.29, 0.717) is 12.8 Å². The number of benzene rings is 1. The lowest BCUT2D eigenvalue weighted by Gasteiger charge is -2.11. The zero-order valence-electron chi connectivity index (χ0n) is 10.6. The number of aliphatic carboxylic acids is 1. The molecule has 4 nitrogen and oxygen atoms in total. The number of carbonyl (C=O) groups excluding carboxylic acids is 1. The molecule has 2 N–H and O–H groups in total. The van der Waals surface area contributed by atoms with Gasteiger partial charge in [-0.2, -0.15) is 0 Å². The fourth-order valence-corrected chi connectivity index (χ4v) is 1.54. The average molecular weight is 265 g/mol. The Labute approximate surface area is 110 Å². The monoisotopic (exact) mass is 265 g/mol. The van der Waals surface area contributed by atoms with E-state index in [9.17, 15) is 14.0 Å². The predicted octanol–water partition coefficient (Wildman–Crippen LogP) is 2.21. The number of carbonyl (C=O) groups is 2. The van der Waals surface area contributed by atoms with E-state index in [0.717, 1.165) is 6.08 Å². The van der Waals surface area contributed by atoms with E-state index >= 15 is 0 Å². The minimum Gasteiger partial charge on any atom is -0.480 e. The van der Waals surface area contributed by atoms with Gasteiger partial charge in [-0.1, -0.05) is 31.5 Å². The van der Waals surface area contributed by atoms with Crippen LogP contribution in [0.25, 0.3) is 6.08 Å². The molecule has 19 heavy (non-hydrogen) atoms. The maximum absolute atomic E-state index is 13.3. The SMILES string of the molecule is CCCC(NC(=O)/C=C/c1ccccc1F)C(=O)O. The van der Waals surface area contributed by atoms with Gasteiger partial charge < -0.3 is 10.4 Å². The minimum absolute atomic E-state index is 0.278. The molecule has 0 aliphatic rings. The zero-order valence-corrected chi connectivity index (χ0v) is 10.6. The first-order valence-electron chi connectivity index (χ1n) is 6.00. The summed E-state index contributed by atoms with van der Waals surface area (Å²) in [6, 6.07) is 5.10. The molecule has 1 aromatic carbocycles. The number of nitrogens with one attached hydrogen (secondary N) is 1. The van der Waals surface area contributed by atoms with E-state index in [4.69, 9.17) is 5.11 Å². The van der Waals surface area contributed by atoms with Crippen molar-refractivity contribution in [2.75, 3.05) is 0 Å². The summed E-state index contributed by atoms with van der Waals surface area (Å²) in [4.78, 5) is 22.4. The van der Waals surface area contributed by atoms with Crippen LogP contribution in [0, 0.1) is 5.82 Å². The molecule has 1 rings (SSSR count). The Morgan fingerprint density at radius 1 is 1.42 bits per heavy atom. The summed E-state index contributed by atoms with van der Waals surface area (Å²) in [5.74, 6) is -2.06. The first-order valence-corrected chi connectivity index (χ1v) is 6.00. The van der Waals surface area contributed by atoms with Crippen molar-refractivity contribution in [1.29, 1.82) is 0 Å². The highest BCUT2D eigenvalue weighted by molar-refractivity contribution is 5.94. The van der Waals surface area contributed by atoms with Gasteiger partial charge in [0.15, 0.2) is 0 Å². The molecule has 1 atom stereocenters. The Kier molecular flexibility index (Phi) is 5.73. The van der Waals surface area contributed by atoms with Gasteiger partial charge >= 0.3 is 5.97 Å². The molecule has 0 aliphatic heterocycles. The number of carboxylic acid groups (broad SMARTS) is 1. The summed E-state index contributed by atoms with van der Waals surface area (Å²) in [6.45, 7) is 1.83. The maximum Gasteiger partial charge on any atom is 0.326 e. The quantitative estimate of drug-likeness (QED) is 0.775. The van der Waals surface area contributed by atoms with E-state index in [1.54, 1.807) is 12.1 Å². The highest BCUT2D eigenvalue weighted by atomic mass is 19.1. The minimum atomic E-state index is -1.07. The fraction of sp³-hybridized carbons (Fsp3) is 0.286. The first-order chi connectivity index (χ1) is 9.04. The van der Waals surface area contributed by atoms with E-state index in [1.807, 2.05) is 6.92 Å². The van der Waals surface area contributed by atoms with Crippen molar-refractivity contribution in [3.05, 3.63) is 41.7 Å². The van der Waals surface area contributed by atoms with Crippen LogP contribution in [0.5, 0.6) is 0 Å². The van der Waals surface area contributed by atoms with Gasteiger partial charge in [0.25, 0.3) is 0 Å². The Morgan fingerprint density at radius 3 is 2.68 bits per heavy atom. The van der Waals surface area contributed by atoms with E-state index < -0.39 is 23.7 Å². The van der Waals surface area contributed by atoms with Crippen molar-refractivity contribution in [3.8, 4) is 0 Å². The first kappa shape index (κ1) is 14.9. The van der Waals surface area contributed by atoms with Crippen molar-refractivity contribution in [2.45, 2.75) is 25.8 Å². The highest BCUT2D eigenvalue weighted by Gasteiger charge is 2.17. The maximum atomic E-state index is 13.3. The van der Waals surface area contributed by atoms with Crippen LogP contribution >= 0.6 is 0 Å². The highest BCUT2D eigenvalue weighted by Crippen LogP contribution is 2.08. The molecule has 1 unspecified atom stereocenters. The standard InChI is InChI=1S/C14H16FNO3/c1-2-5-12(14(18)19)16-13(17)9-8-10-6-3-4-7-11(10)15/h3-4,6-9,12H,2,5H2,1H3,(H,16,17)(H,18,19)/b9-8+. The lowest BCUT2D eigenvalue weighted by molar-refractivity contribution is -0.141. The van der Waals surface area contributed by atoms with Gasteiger partial charge in [-0.05, 0) is 18.6 Å². The van der Waals surface area contributed by atoms with Crippen LogP contribution in [0.15, 0.2) is 30.3 Å². The summed E-state index contributed by atoms with van der Waals surface area (Å²) < 4.78 is 13.3. The van der Waals surface area contributed by atoms with Gasteiger partial charge in [-0.15, -0.1) is 0 Å². The summed E-state index contributed by atoms with van der Waals surface area (Å²) in [7, 11) is 0. The molecule has 0 bridgehead atoms. The van der Waals surface area contributed by atoms with E-state index in [1.165, 1.54) is 18.2 Å². The summed E-state index contributed by atoms with van der Waals surface area (Å²) in [5.41, 5.74) is 0.278. The van der Waals surface area contributed by atoms with Gasteiger partial charge in [0, 0.05) is 11.6 Å². The van der Waals surface area contributed by atoms with Crippen molar-refractivity contribution in [2.24, 2.45) is 0 Å². The van der Waals surface area contributed by atoms with Crippen molar-refractivity contribution in [3.63, 3.8) is 0 Å². The fourth-order valence-electron chi connectivity index (χ4n) is 1.54. The molecule has 1 amide bonds. The van der Waals surface area contributed by atoms with Crippen LogP contribution in [0.1, 0.15) is 25.3 Å². The Morgan fingerprint density at radius 2 is 2.11 bits per heavy atom. The third-order valence-corrected chi connectivity index (χ3v) is 2.51. The third-order valence-electron chi connectivity index (χ3n) is 2.51. The summed E-state index contributed by atoms with van der Waals surface area (Å²) in [6.07, 6.45) is 3.45. The van der Waals surface area contributed by atoms with Crippen molar-refractivity contribution < 1.29 is 19.1 Å². The lowest BCUT2D eigenvalue weighted by Crippen LogP contribution is -2.39. The van der Waals surface area contributed by atoms with Crippen molar-refractivity contribution >= 4 is 18.0 Å². The summed E-state index contributed by atoms with van der Waals surface area (Å²) >= 11 is 0. The van der Waals surface area contributed by atoms with Crippen LogP contribution in [0.3, 0.4) is 0 Å². The normalized spacial score (nSPS) is 12.3. The third kappa shape index (κ3) is 4.91. The molecule has 1 aromatic rings. The van der Waals surface area contributed by atoms with Gasteiger partial charge in [-0.3, -0.25) is 4.79 Å². The molecule has 0 spiro atoms. The molecule has 5 heteroatoms. The molecule has 0 aromatic heterocycles. The molecular formula is C14H16FNO3. The average Bonchev–Trinajstić information content (AvgIpc) is 2.37. The molecule has 0 heterocycles. The Balaban J connectivity index is 2.64. The van der Waals surface area contributed by atoms with Crippen LogP contribution in [0.2, 0.25) is 0 Å². The van der Waals surface area contributed by atoms with Crippen LogP contribution in [0.4, 0.5) is 4.39 Å². The van der Waals surface area contributed by atoms with Crippen LogP contribution in [-0.2, 0) is 9.59 Å². The second-order valence-electron chi connectivity index (χ2n) is 4.04. The molecule has 0 saturated heterocycles. The Bertz CT molecular complexity index is 485. The van der Waals surface area contributed by atoms with Crippen molar-refractivity contribution in [1.82, 2.24) is 5.32 Å². The molecule has 0 fully saturated rings. The van der Waals surface area contributed by atoms with E-state index in [-0.39, 0.29) is 5.56 Å². The smallest absolute Gasteiger partial charge is 0.326 e. The second-order valence-corrected chi connectivity index (χ2v) is 4.04. The number of hydrogen-bond acceptors (Lipinski definition) is 2. The van der Waals surface area contributed by atoms with E-state index in [2.05, 4.69) is 5.32 Å². The van der Waals surface area contributed by atoms with Gasteiger partial charge in [0.05, 0.1) is 0 Å². The topological polar surface area (TPSA) is 66.4 Å². The van der Waals surface area contributed by atoms with Crippen LogP contribution < -0.4 is 5.32 Å². The Hall–Kier alpha value is -2.17. The molecular weight excluding hydrogens is 249 g/mol. The molecule has 0 aliphatic carbocycles. The number of hydrogen-bond donors (Lipinski definition) is 2. The molecule has 102 valence electrons. The molecule has 0 radical (unpaired) electrons. The predicted molar refractivity (Wildman–Crippen MR) is 69.9 cm³/mol. The number of rotatable bonds is 6.